The summed E-state index contributed by atoms with van der Waals surface area (Å²) in [5.74, 6) is 4.94. The fourth-order valence-corrected chi connectivity index (χ4v) is 7.28. The highest BCUT2D eigenvalue weighted by Gasteiger charge is 2.51. The Hall–Kier alpha value is -1.63. The lowest BCUT2D eigenvalue weighted by molar-refractivity contribution is 0.0103. The first kappa shape index (κ1) is 22.2. The van der Waals surface area contributed by atoms with Crippen LogP contribution in [0.25, 0.3) is 0 Å². The molecule has 0 saturated heterocycles. The smallest absolute Gasteiger partial charge is 0.229 e. The van der Waals surface area contributed by atoms with Gasteiger partial charge in [-0.05, 0) is 96.2 Å². The van der Waals surface area contributed by atoms with Gasteiger partial charge < -0.3 is 20.9 Å². The molecule has 32 heavy (non-hydrogen) atoms. The zero-order valence-electron chi connectivity index (χ0n) is 20.2. The van der Waals surface area contributed by atoms with Crippen LogP contribution in [0.15, 0.2) is 0 Å². The maximum atomic E-state index is 4.90. The molecule has 5 saturated carbocycles. The molecule has 7 nitrogen and oxygen atoms in total. The molecular formula is C25H43N7. The monoisotopic (exact) mass is 441 g/mol. The van der Waals surface area contributed by atoms with Gasteiger partial charge in [0.1, 0.15) is 0 Å². The van der Waals surface area contributed by atoms with Crippen LogP contribution in [0.5, 0.6) is 0 Å². The first-order chi connectivity index (χ1) is 15.6. The van der Waals surface area contributed by atoms with Crippen LogP contribution in [-0.4, -0.2) is 58.6 Å². The molecule has 0 amide bonds. The second kappa shape index (κ2) is 9.70. The number of hydrogen-bond acceptors (Lipinski definition) is 7. The Morgan fingerprint density at radius 1 is 0.812 bits per heavy atom. The molecule has 1 heterocycles. The van der Waals surface area contributed by atoms with Gasteiger partial charge in [0.2, 0.25) is 17.8 Å². The number of rotatable bonds is 9. The van der Waals surface area contributed by atoms with Crippen LogP contribution in [0.4, 0.5) is 17.8 Å². The van der Waals surface area contributed by atoms with Crippen LogP contribution in [0, 0.1) is 17.8 Å². The lowest BCUT2D eigenvalue weighted by Crippen LogP contribution is -2.55. The van der Waals surface area contributed by atoms with E-state index in [1.54, 1.807) is 0 Å². The molecule has 0 radical (unpaired) electrons. The molecule has 1 aromatic heterocycles. The Balaban J connectivity index is 1.31. The molecule has 1 aromatic rings. The molecule has 5 fully saturated rings. The molecule has 178 valence electrons. The number of nitrogens with one attached hydrogen (secondary N) is 3. The van der Waals surface area contributed by atoms with Crippen molar-refractivity contribution in [3.8, 4) is 0 Å². The predicted molar refractivity (Wildman–Crippen MR) is 131 cm³/mol. The third-order valence-corrected chi connectivity index (χ3v) is 8.30. The van der Waals surface area contributed by atoms with Gasteiger partial charge in [-0.25, -0.2) is 0 Å². The van der Waals surface area contributed by atoms with Crippen molar-refractivity contribution in [3.05, 3.63) is 0 Å². The zero-order valence-corrected chi connectivity index (χ0v) is 20.2. The Morgan fingerprint density at radius 3 is 2.03 bits per heavy atom. The van der Waals surface area contributed by atoms with E-state index in [-0.39, 0.29) is 5.54 Å². The minimum atomic E-state index is 0.206. The summed E-state index contributed by atoms with van der Waals surface area (Å²) >= 11 is 0. The Labute approximate surface area is 194 Å². The topological polar surface area (TPSA) is 78.0 Å². The van der Waals surface area contributed by atoms with Gasteiger partial charge in [0.15, 0.2) is 0 Å². The van der Waals surface area contributed by atoms with Crippen LogP contribution in [0.1, 0.15) is 83.5 Å². The van der Waals surface area contributed by atoms with Crippen molar-refractivity contribution in [1.82, 2.24) is 19.9 Å². The van der Waals surface area contributed by atoms with Gasteiger partial charge >= 0.3 is 0 Å². The minimum absolute atomic E-state index is 0.206. The fraction of sp³-hybridized carbons (Fsp3) is 0.880. The van der Waals surface area contributed by atoms with Gasteiger partial charge in [0.05, 0.1) is 0 Å². The second-order valence-corrected chi connectivity index (χ2v) is 11.5. The molecule has 0 unspecified atom stereocenters. The second-order valence-electron chi connectivity index (χ2n) is 11.5. The van der Waals surface area contributed by atoms with Gasteiger partial charge in [-0.3, -0.25) is 0 Å². The highest BCUT2D eigenvalue weighted by Crippen LogP contribution is 2.56. The molecular weight excluding hydrogens is 398 g/mol. The molecule has 6 rings (SSSR count). The number of nitrogens with zero attached hydrogens (tertiary/aromatic N) is 4. The molecule has 0 aromatic carbocycles. The SMILES string of the molecule is CN(C)CCCNc1nc(NC2CCCCCC2)nc(NC23CC4CC(CC(C4)C2)C3)n1. The van der Waals surface area contributed by atoms with Crippen molar-refractivity contribution in [2.75, 3.05) is 43.1 Å². The van der Waals surface area contributed by atoms with Gasteiger partial charge in [-0.15, -0.1) is 0 Å². The van der Waals surface area contributed by atoms with E-state index in [4.69, 9.17) is 15.0 Å². The average Bonchev–Trinajstić information content (AvgIpc) is 2.98. The van der Waals surface area contributed by atoms with E-state index in [1.165, 1.54) is 77.0 Å². The maximum absolute atomic E-state index is 4.90. The lowest BCUT2D eigenvalue weighted by atomic mass is 9.53. The first-order valence-electron chi connectivity index (χ1n) is 13.2. The summed E-state index contributed by atoms with van der Waals surface area (Å²) < 4.78 is 0. The summed E-state index contributed by atoms with van der Waals surface area (Å²) in [5.41, 5.74) is 0.206. The standard InChI is InChI=1S/C25H43N7/c1-32(2)11-7-10-26-22-28-23(27-21-8-5-3-4-6-9-21)30-24(29-22)31-25-15-18-12-19(16-25)14-20(13-18)17-25/h18-21H,3-17H2,1-2H3,(H3,26,27,28,29,30,31). The van der Waals surface area contributed by atoms with Gasteiger partial charge in [0.25, 0.3) is 0 Å². The summed E-state index contributed by atoms with van der Waals surface area (Å²) in [6.45, 7) is 1.94. The Kier molecular flexibility index (Phi) is 6.72. The third kappa shape index (κ3) is 5.46. The molecule has 5 aliphatic carbocycles. The zero-order chi connectivity index (χ0) is 22.0. The van der Waals surface area contributed by atoms with E-state index in [0.717, 1.165) is 49.2 Å². The van der Waals surface area contributed by atoms with Gasteiger partial charge in [-0.2, -0.15) is 15.0 Å². The van der Waals surface area contributed by atoms with Crippen LogP contribution in [0.3, 0.4) is 0 Å². The number of anilines is 3. The Bertz CT molecular complexity index is 721. The van der Waals surface area contributed by atoms with Crippen LogP contribution < -0.4 is 16.0 Å². The van der Waals surface area contributed by atoms with Crippen LogP contribution >= 0.6 is 0 Å². The van der Waals surface area contributed by atoms with E-state index in [9.17, 15) is 0 Å². The van der Waals surface area contributed by atoms with Crippen molar-refractivity contribution >= 4 is 17.8 Å². The van der Waals surface area contributed by atoms with Gasteiger partial charge in [0, 0.05) is 18.1 Å². The lowest BCUT2D eigenvalue weighted by Gasteiger charge is -2.56. The summed E-state index contributed by atoms with van der Waals surface area (Å²) in [6, 6.07) is 0.480. The molecule has 4 bridgehead atoms. The van der Waals surface area contributed by atoms with E-state index >= 15 is 0 Å². The molecule has 0 aliphatic heterocycles. The number of hydrogen-bond donors (Lipinski definition) is 3. The van der Waals surface area contributed by atoms with Crippen molar-refractivity contribution in [1.29, 1.82) is 0 Å². The largest absolute Gasteiger partial charge is 0.354 e. The van der Waals surface area contributed by atoms with Crippen molar-refractivity contribution < 1.29 is 0 Å². The molecule has 5 aliphatic rings. The average molecular weight is 442 g/mol. The number of aromatic nitrogens is 3. The summed E-state index contributed by atoms with van der Waals surface area (Å²) in [4.78, 5) is 16.7. The molecule has 3 N–H and O–H groups in total. The van der Waals surface area contributed by atoms with Crippen molar-refractivity contribution in [2.24, 2.45) is 17.8 Å². The molecule has 0 spiro atoms. The van der Waals surface area contributed by atoms with Crippen molar-refractivity contribution in [2.45, 2.75) is 95.1 Å². The van der Waals surface area contributed by atoms with Crippen LogP contribution in [-0.2, 0) is 0 Å². The summed E-state index contributed by atoms with van der Waals surface area (Å²) in [7, 11) is 4.23. The third-order valence-electron chi connectivity index (χ3n) is 8.30. The van der Waals surface area contributed by atoms with E-state index in [1.807, 2.05) is 0 Å². The van der Waals surface area contributed by atoms with E-state index in [0.29, 0.717) is 12.0 Å². The summed E-state index contributed by atoms with van der Waals surface area (Å²) in [5, 5.41) is 11.0. The quantitative estimate of drug-likeness (QED) is 0.377. The first-order valence-corrected chi connectivity index (χ1v) is 13.2. The van der Waals surface area contributed by atoms with E-state index in [2.05, 4.69) is 34.9 Å². The normalized spacial score (nSPS) is 32.2. The maximum Gasteiger partial charge on any atom is 0.229 e. The highest BCUT2D eigenvalue weighted by atomic mass is 15.3. The van der Waals surface area contributed by atoms with Crippen molar-refractivity contribution in [3.63, 3.8) is 0 Å². The molecule has 0 atom stereocenters. The molecule has 7 heteroatoms. The van der Waals surface area contributed by atoms with Crippen LogP contribution in [0.2, 0.25) is 0 Å². The Morgan fingerprint density at radius 2 is 1.41 bits per heavy atom. The minimum Gasteiger partial charge on any atom is -0.354 e. The van der Waals surface area contributed by atoms with E-state index < -0.39 is 0 Å². The fourth-order valence-electron chi connectivity index (χ4n) is 7.28. The highest BCUT2D eigenvalue weighted by molar-refractivity contribution is 5.44. The summed E-state index contributed by atoms with van der Waals surface area (Å²) in [6.07, 6.45) is 17.0. The van der Waals surface area contributed by atoms with Gasteiger partial charge in [-0.1, -0.05) is 25.7 Å². The predicted octanol–water partition coefficient (Wildman–Crippen LogP) is 4.75.